The zero-order chi connectivity index (χ0) is 58.5. The first-order valence-corrected chi connectivity index (χ1v) is 36.4. The van der Waals surface area contributed by atoms with Crippen molar-refractivity contribution in [3.8, 4) is 0 Å². The van der Waals surface area contributed by atoms with Crippen LogP contribution in [0, 0.1) is 0 Å². The summed E-state index contributed by atoms with van der Waals surface area (Å²) >= 11 is 0. The van der Waals surface area contributed by atoms with Gasteiger partial charge in [0.05, 0.1) is 25.4 Å². The summed E-state index contributed by atoms with van der Waals surface area (Å²) in [6.45, 7) is 4.92. The smallest absolute Gasteiger partial charge is 0.305 e. The first-order chi connectivity index (χ1) is 40.0. The monoisotopic (exact) mass is 1140 g/mol. The van der Waals surface area contributed by atoms with Crippen molar-refractivity contribution in [2.24, 2.45) is 0 Å². The van der Waals surface area contributed by atoms with Crippen molar-refractivity contribution in [1.82, 2.24) is 5.32 Å². The second kappa shape index (κ2) is 70.3. The van der Waals surface area contributed by atoms with Crippen LogP contribution in [0.3, 0.4) is 0 Å². The molecule has 0 aromatic carbocycles. The van der Waals surface area contributed by atoms with Crippen LogP contribution in [0.15, 0.2) is 48.6 Å². The number of esters is 1. The van der Waals surface area contributed by atoms with Crippen molar-refractivity contribution in [2.45, 2.75) is 405 Å². The number of rotatable bonds is 68. The second-order valence-electron chi connectivity index (χ2n) is 24.9. The molecule has 3 N–H and O–H groups in total. The minimum Gasteiger partial charge on any atom is -0.466 e. The molecule has 0 rings (SSSR count). The highest BCUT2D eigenvalue weighted by Gasteiger charge is 2.18. The van der Waals surface area contributed by atoms with Crippen LogP contribution in [0.2, 0.25) is 0 Å². The molecule has 0 saturated carbocycles. The molecule has 0 bridgehead atoms. The van der Waals surface area contributed by atoms with Crippen molar-refractivity contribution in [1.29, 1.82) is 0 Å². The zero-order valence-electron chi connectivity index (χ0n) is 54.5. The Morgan fingerprint density at radius 1 is 0.346 bits per heavy atom. The molecular formula is C75H141NO5. The lowest BCUT2D eigenvalue weighted by molar-refractivity contribution is -0.143. The third kappa shape index (κ3) is 66.8. The lowest BCUT2D eigenvalue weighted by atomic mass is 10.0. The lowest BCUT2D eigenvalue weighted by Gasteiger charge is -2.20. The van der Waals surface area contributed by atoms with E-state index in [1.807, 2.05) is 6.08 Å². The molecule has 6 nitrogen and oxygen atoms in total. The maximum Gasteiger partial charge on any atom is 0.305 e. The third-order valence-electron chi connectivity index (χ3n) is 16.8. The standard InChI is InChI=1S/C75H141NO5/c1-3-5-7-9-11-13-15-17-19-20-34-38-41-45-49-53-57-61-65-69-75(80)81-70-66-62-58-54-50-46-42-39-36-33-31-29-27-25-23-21-22-24-26-28-30-32-35-37-40-44-48-52-56-60-64-68-74(79)76-72(71-77)73(78)67-63-59-55-51-47-43-18-16-14-12-10-8-6-4-2/h17,19,23,25,29,31,63,67,72-73,77-78H,3-16,18,20-22,24,26-28,30,32-62,64-66,68-71H2,1-2H3,(H,76,79)/b19-17-,25-23-,31-29-,67-63+. The number of unbranched alkanes of at least 4 members (excludes halogenated alkanes) is 51. The highest BCUT2D eigenvalue weighted by molar-refractivity contribution is 5.76. The highest BCUT2D eigenvalue weighted by atomic mass is 16.5. The molecule has 0 spiro atoms. The van der Waals surface area contributed by atoms with Crippen LogP contribution in [0.1, 0.15) is 393 Å². The van der Waals surface area contributed by atoms with Crippen molar-refractivity contribution in [2.75, 3.05) is 13.2 Å². The topological polar surface area (TPSA) is 95.9 Å². The molecule has 0 saturated heterocycles. The average Bonchev–Trinajstić information content (AvgIpc) is 3.47. The fourth-order valence-electron chi connectivity index (χ4n) is 11.3. The molecule has 81 heavy (non-hydrogen) atoms. The van der Waals surface area contributed by atoms with Crippen LogP contribution in [0.4, 0.5) is 0 Å². The number of ether oxygens (including phenoxy) is 1. The van der Waals surface area contributed by atoms with E-state index in [1.54, 1.807) is 6.08 Å². The predicted octanol–water partition coefficient (Wildman–Crippen LogP) is 23.6. The normalized spacial score (nSPS) is 12.8. The summed E-state index contributed by atoms with van der Waals surface area (Å²) < 4.78 is 5.51. The van der Waals surface area contributed by atoms with Crippen molar-refractivity contribution in [3.05, 3.63) is 48.6 Å². The number of aliphatic hydroxyl groups excluding tert-OH is 2. The van der Waals surface area contributed by atoms with E-state index < -0.39 is 12.1 Å². The Morgan fingerprint density at radius 2 is 0.617 bits per heavy atom. The molecule has 0 fully saturated rings. The lowest BCUT2D eigenvalue weighted by Crippen LogP contribution is -2.45. The summed E-state index contributed by atoms with van der Waals surface area (Å²) in [6, 6.07) is -0.628. The molecule has 0 aliphatic heterocycles. The molecule has 2 unspecified atom stereocenters. The molecule has 0 aromatic rings. The maximum atomic E-state index is 12.5. The highest BCUT2D eigenvalue weighted by Crippen LogP contribution is 2.18. The van der Waals surface area contributed by atoms with Gasteiger partial charge < -0.3 is 20.3 Å². The SMILES string of the molecule is CCCCCCCC/C=C\CCCCCCCCCCCC(=O)OCCCCCCCCCCC/C=C\C/C=C\CCCCCCCCCCCCCCCCCC(=O)NC(CO)C(O)/C=C/CCCCCCCCCCCCCC. The van der Waals surface area contributed by atoms with E-state index in [1.165, 1.54) is 315 Å². The Bertz CT molecular complexity index is 1360. The number of nitrogens with one attached hydrogen (secondary N) is 1. The molecule has 0 aliphatic rings. The maximum absolute atomic E-state index is 12.5. The van der Waals surface area contributed by atoms with Gasteiger partial charge in [0.1, 0.15) is 0 Å². The Balaban J connectivity index is 3.39. The number of carbonyl (C=O) groups is 2. The summed E-state index contributed by atoms with van der Waals surface area (Å²) in [7, 11) is 0. The Hall–Kier alpha value is -2.18. The molecule has 6 heteroatoms. The van der Waals surface area contributed by atoms with Gasteiger partial charge in [-0.1, -0.05) is 339 Å². The molecule has 476 valence electrons. The summed E-state index contributed by atoms with van der Waals surface area (Å²) in [6.07, 6.45) is 92.0. The Kier molecular flexibility index (Phi) is 68.4. The van der Waals surface area contributed by atoms with Gasteiger partial charge in [0.15, 0.2) is 0 Å². The largest absolute Gasteiger partial charge is 0.466 e. The van der Waals surface area contributed by atoms with E-state index in [2.05, 4.69) is 55.6 Å². The molecule has 0 aromatic heterocycles. The average molecular weight is 1140 g/mol. The minimum atomic E-state index is -0.844. The second-order valence-corrected chi connectivity index (χ2v) is 24.9. The summed E-state index contributed by atoms with van der Waals surface area (Å²) in [5.74, 6) is -0.0533. The Labute approximate surface area is 506 Å². The van der Waals surface area contributed by atoms with Crippen LogP contribution in [0.5, 0.6) is 0 Å². The predicted molar refractivity (Wildman–Crippen MR) is 356 cm³/mol. The molecular weight excluding hydrogens is 995 g/mol. The van der Waals surface area contributed by atoms with Gasteiger partial charge >= 0.3 is 5.97 Å². The minimum absolute atomic E-state index is 0.0127. The van der Waals surface area contributed by atoms with Gasteiger partial charge in [-0.2, -0.15) is 0 Å². The van der Waals surface area contributed by atoms with Gasteiger partial charge in [-0.05, 0) is 89.9 Å². The third-order valence-corrected chi connectivity index (χ3v) is 16.8. The van der Waals surface area contributed by atoms with Crippen molar-refractivity contribution < 1.29 is 24.5 Å². The number of aliphatic hydroxyl groups is 2. The summed E-state index contributed by atoms with van der Waals surface area (Å²) in [5, 5.41) is 23.1. The van der Waals surface area contributed by atoms with E-state index in [9.17, 15) is 19.8 Å². The number of hydrogen-bond acceptors (Lipinski definition) is 5. The van der Waals surface area contributed by atoms with Gasteiger partial charge in [0, 0.05) is 12.8 Å². The number of allylic oxidation sites excluding steroid dienone is 7. The quantitative estimate of drug-likeness (QED) is 0.0320. The number of carbonyl (C=O) groups excluding carboxylic acids is 2. The molecule has 0 radical (unpaired) electrons. The zero-order valence-corrected chi connectivity index (χ0v) is 54.5. The molecule has 0 aliphatic carbocycles. The number of hydrogen-bond donors (Lipinski definition) is 3. The first-order valence-electron chi connectivity index (χ1n) is 36.4. The number of amides is 1. The van der Waals surface area contributed by atoms with Crippen molar-refractivity contribution >= 4 is 11.9 Å². The van der Waals surface area contributed by atoms with Crippen LogP contribution in [0.25, 0.3) is 0 Å². The van der Waals surface area contributed by atoms with Crippen LogP contribution in [-0.2, 0) is 14.3 Å². The Morgan fingerprint density at radius 3 is 0.951 bits per heavy atom. The van der Waals surface area contributed by atoms with E-state index in [0.717, 1.165) is 51.4 Å². The summed E-state index contributed by atoms with van der Waals surface area (Å²) in [5.41, 5.74) is 0. The van der Waals surface area contributed by atoms with Gasteiger partial charge in [-0.3, -0.25) is 9.59 Å². The van der Waals surface area contributed by atoms with Crippen LogP contribution in [-0.4, -0.2) is 47.4 Å². The molecule has 2 atom stereocenters. The fraction of sp³-hybridized carbons (Fsp3) is 0.867. The van der Waals surface area contributed by atoms with Gasteiger partial charge in [0.25, 0.3) is 0 Å². The van der Waals surface area contributed by atoms with Gasteiger partial charge in [-0.25, -0.2) is 0 Å². The van der Waals surface area contributed by atoms with Gasteiger partial charge in [0.2, 0.25) is 5.91 Å². The first kappa shape index (κ1) is 78.8. The van der Waals surface area contributed by atoms with E-state index >= 15 is 0 Å². The van der Waals surface area contributed by atoms with E-state index in [-0.39, 0.29) is 18.5 Å². The van der Waals surface area contributed by atoms with Crippen LogP contribution < -0.4 is 5.32 Å². The van der Waals surface area contributed by atoms with Gasteiger partial charge in [-0.15, -0.1) is 0 Å². The van der Waals surface area contributed by atoms with E-state index in [0.29, 0.717) is 19.4 Å². The van der Waals surface area contributed by atoms with Crippen LogP contribution >= 0.6 is 0 Å². The summed E-state index contributed by atoms with van der Waals surface area (Å²) in [4.78, 5) is 24.6. The van der Waals surface area contributed by atoms with E-state index in [4.69, 9.17) is 4.74 Å². The molecule has 0 heterocycles. The molecule has 1 amide bonds. The fourth-order valence-corrected chi connectivity index (χ4v) is 11.3. The van der Waals surface area contributed by atoms with Crippen molar-refractivity contribution in [3.63, 3.8) is 0 Å².